The van der Waals surface area contributed by atoms with Gasteiger partial charge in [0.25, 0.3) is 5.91 Å². The molecule has 1 atom stereocenters. The van der Waals surface area contributed by atoms with Crippen LogP contribution < -0.4 is 5.32 Å². The van der Waals surface area contributed by atoms with E-state index in [1.165, 1.54) is 12.1 Å². The topological polar surface area (TPSA) is 49.3 Å². The fraction of sp³-hybridized carbons (Fsp3) is 0.300. The SMILES string of the molecule is CC(CO)NC(=O)c1cc(I)ccc1F. The maximum absolute atomic E-state index is 13.2. The van der Waals surface area contributed by atoms with Crippen LogP contribution in [0.5, 0.6) is 0 Å². The molecule has 3 nitrogen and oxygen atoms in total. The molecular formula is C10H11FINO2. The van der Waals surface area contributed by atoms with Crippen molar-refractivity contribution in [3.63, 3.8) is 0 Å². The number of benzene rings is 1. The average molecular weight is 323 g/mol. The average Bonchev–Trinajstić information content (AvgIpc) is 2.21. The van der Waals surface area contributed by atoms with Gasteiger partial charge in [0.1, 0.15) is 5.82 Å². The quantitative estimate of drug-likeness (QED) is 0.829. The second kappa shape index (κ2) is 5.41. The Bertz CT molecular complexity index is 370. The van der Waals surface area contributed by atoms with Gasteiger partial charge < -0.3 is 10.4 Å². The van der Waals surface area contributed by atoms with Crippen molar-refractivity contribution in [3.05, 3.63) is 33.1 Å². The van der Waals surface area contributed by atoms with Crippen LogP contribution in [0, 0.1) is 9.39 Å². The summed E-state index contributed by atoms with van der Waals surface area (Å²) in [5, 5.41) is 11.2. The fourth-order valence-electron chi connectivity index (χ4n) is 1.02. The summed E-state index contributed by atoms with van der Waals surface area (Å²) in [6.45, 7) is 1.47. The van der Waals surface area contributed by atoms with Crippen LogP contribution in [0.1, 0.15) is 17.3 Å². The van der Waals surface area contributed by atoms with Crippen LogP contribution in [0.15, 0.2) is 18.2 Å². The Morgan fingerprint density at radius 2 is 2.33 bits per heavy atom. The molecule has 1 unspecified atom stereocenters. The predicted octanol–water partition coefficient (Wildman–Crippen LogP) is 1.54. The van der Waals surface area contributed by atoms with Gasteiger partial charge in [0.05, 0.1) is 12.2 Å². The van der Waals surface area contributed by atoms with Crippen molar-refractivity contribution in [1.29, 1.82) is 0 Å². The van der Waals surface area contributed by atoms with Crippen LogP contribution in [0.25, 0.3) is 0 Å². The molecule has 1 aromatic rings. The van der Waals surface area contributed by atoms with E-state index < -0.39 is 11.7 Å². The van der Waals surface area contributed by atoms with Crippen LogP contribution >= 0.6 is 22.6 Å². The summed E-state index contributed by atoms with van der Waals surface area (Å²) in [4.78, 5) is 11.5. The highest BCUT2D eigenvalue weighted by molar-refractivity contribution is 14.1. The molecule has 0 saturated carbocycles. The van der Waals surface area contributed by atoms with E-state index in [0.29, 0.717) is 0 Å². The van der Waals surface area contributed by atoms with E-state index in [1.54, 1.807) is 13.0 Å². The minimum Gasteiger partial charge on any atom is -0.394 e. The number of aliphatic hydroxyl groups excluding tert-OH is 1. The lowest BCUT2D eigenvalue weighted by Crippen LogP contribution is -2.35. The molecule has 0 saturated heterocycles. The molecule has 0 fully saturated rings. The Hall–Kier alpha value is -0.690. The number of amides is 1. The van der Waals surface area contributed by atoms with Crippen molar-refractivity contribution in [2.24, 2.45) is 0 Å². The van der Waals surface area contributed by atoms with Crippen molar-refractivity contribution in [2.75, 3.05) is 6.61 Å². The van der Waals surface area contributed by atoms with Gasteiger partial charge in [0.2, 0.25) is 0 Å². The van der Waals surface area contributed by atoms with Crippen molar-refractivity contribution < 1.29 is 14.3 Å². The zero-order chi connectivity index (χ0) is 11.4. The van der Waals surface area contributed by atoms with E-state index >= 15 is 0 Å². The number of aliphatic hydroxyl groups is 1. The summed E-state index contributed by atoms with van der Waals surface area (Å²) in [5.41, 5.74) is 0.00204. The molecule has 0 aliphatic carbocycles. The van der Waals surface area contributed by atoms with E-state index in [-0.39, 0.29) is 18.2 Å². The highest BCUT2D eigenvalue weighted by atomic mass is 127. The van der Waals surface area contributed by atoms with Gasteiger partial charge in [-0.15, -0.1) is 0 Å². The number of carbonyl (C=O) groups is 1. The second-order valence-electron chi connectivity index (χ2n) is 3.18. The molecule has 0 aromatic heterocycles. The van der Waals surface area contributed by atoms with Crippen LogP contribution in [0.2, 0.25) is 0 Å². The van der Waals surface area contributed by atoms with E-state index in [2.05, 4.69) is 5.32 Å². The molecule has 0 heterocycles. The van der Waals surface area contributed by atoms with Crippen LogP contribution in [0.3, 0.4) is 0 Å². The Kier molecular flexibility index (Phi) is 4.46. The molecule has 0 spiro atoms. The Labute approximate surface area is 101 Å². The van der Waals surface area contributed by atoms with Crippen LogP contribution in [-0.2, 0) is 0 Å². The van der Waals surface area contributed by atoms with Gasteiger partial charge in [-0.05, 0) is 47.7 Å². The van der Waals surface area contributed by atoms with E-state index in [9.17, 15) is 9.18 Å². The molecule has 1 amide bonds. The zero-order valence-corrected chi connectivity index (χ0v) is 10.3. The lowest BCUT2D eigenvalue weighted by molar-refractivity contribution is 0.0918. The van der Waals surface area contributed by atoms with Gasteiger partial charge in [0, 0.05) is 9.61 Å². The lowest BCUT2D eigenvalue weighted by Gasteiger charge is -2.11. The molecule has 1 rings (SSSR count). The number of carbonyl (C=O) groups excluding carboxylic acids is 1. The molecule has 5 heteroatoms. The number of nitrogens with one attached hydrogen (secondary N) is 1. The summed E-state index contributed by atoms with van der Waals surface area (Å²) < 4.78 is 14.0. The van der Waals surface area contributed by atoms with Gasteiger partial charge in [0.15, 0.2) is 0 Å². The maximum Gasteiger partial charge on any atom is 0.254 e. The van der Waals surface area contributed by atoms with Crippen molar-refractivity contribution >= 4 is 28.5 Å². The highest BCUT2D eigenvalue weighted by Crippen LogP contribution is 2.12. The van der Waals surface area contributed by atoms with E-state index in [1.807, 2.05) is 22.6 Å². The Morgan fingerprint density at radius 1 is 1.67 bits per heavy atom. The number of halogens is 2. The van der Waals surface area contributed by atoms with Crippen LogP contribution in [0.4, 0.5) is 4.39 Å². The molecule has 0 radical (unpaired) electrons. The van der Waals surface area contributed by atoms with Crippen molar-refractivity contribution in [3.8, 4) is 0 Å². The third-order valence-corrected chi connectivity index (χ3v) is 2.50. The number of hydrogen-bond donors (Lipinski definition) is 2. The molecule has 2 N–H and O–H groups in total. The maximum atomic E-state index is 13.2. The highest BCUT2D eigenvalue weighted by Gasteiger charge is 2.13. The molecular weight excluding hydrogens is 312 g/mol. The molecule has 15 heavy (non-hydrogen) atoms. The van der Waals surface area contributed by atoms with E-state index in [4.69, 9.17) is 5.11 Å². The van der Waals surface area contributed by atoms with Crippen molar-refractivity contribution in [2.45, 2.75) is 13.0 Å². The molecule has 1 aromatic carbocycles. The van der Waals surface area contributed by atoms with Gasteiger partial charge >= 0.3 is 0 Å². The Morgan fingerprint density at radius 3 is 2.93 bits per heavy atom. The van der Waals surface area contributed by atoms with Crippen molar-refractivity contribution in [1.82, 2.24) is 5.32 Å². The second-order valence-corrected chi connectivity index (χ2v) is 4.43. The molecule has 82 valence electrons. The third-order valence-electron chi connectivity index (χ3n) is 1.82. The van der Waals surface area contributed by atoms with Gasteiger partial charge in [-0.1, -0.05) is 0 Å². The summed E-state index contributed by atoms with van der Waals surface area (Å²) in [7, 11) is 0. The largest absolute Gasteiger partial charge is 0.394 e. The minimum atomic E-state index is -0.557. The van der Waals surface area contributed by atoms with Gasteiger partial charge in [-0.2, -0.15) is 0 Å². The normalized spacial score (nSPS) is 12.3. The molecule has 0 aliphatic heterocycles. The summed E-state index contributed by atoms with van der Waals surface area (Å²) in [6, 6.07) is 3.92. The summed E-state index contributed by atoms with van der Waals surface area (Å²) in [6.07, 6.45) is 0. The number of hydrogen-bond acceptors (Lipinski definition) is 2. The smallest absolute Gasteiger partial charge is 0.254 e. The molecule has 0 bridgehead atoms. The summed E-state index contributed by atoms with van der Waals surface area (Å²) in [5.74, 6) is -1.06. The fourth-order valence-corrected chi connectivity index (χ4v) is 1.51. The minimum absolute atomic E-state index is 0.00204. The Balaban J connectivity index is 2.86. The first-order valence-corrected chi connectivity index (χ1v) is 5.49. The first-order chi connectivity index (χ1) is 7.04. The predicted molar refractivity (Wildman–Crippen MR) is 63.1 cm³/mol. The van der Waals surface area contributed by atoms with Crippen LogP contribution in [-0.4, -0.2) is 23.7 Å². The lowest BCUT2D eigenvalue weighted by atomic mass is 10.2. The van der Waals surface area contributed by atoms with Gasteiger partial charge in [-0.25, -0.2) is 4.39 Å². The first-order valence-electron chi connectivity index (χ1n) is 4.41. The first kappa shape index (κ1) is 12.4. The summed E-state index contributed by atoms with van der Waals surface area (Å²) >= 11 is 2.00. The van der Waals surface area contributed by atoms with E-state index in [0.717, 1.165) is 3.57 Å². The number of rotatable bonds is 3. The molecule has 0 aliphatic rings. The van der Waals surface area contributed by atoms with Gasteiger partial charge in [-0.3, -0.25) is 4.79 Å². The zero-order valence-electron chi connectivity index (χ0n) is 8.13. The standard InChI is InChI=1S/C10H11FINO2/c1-6(5-14)13-10(15)8-4-7(12)2-3-9(8)11/h2-4,6,14H,5H2,1H3,(H,13,15). The monoisotopic (exact) mass is 323 g/mol. The third kappa shape index (κ3) is 3.42.